The predicted octanol–water partition coefficient (Wildman–Crippen LogP) is 1.45. The van der Waals surface area contributed by atoms with Gasteiger partial charge in [0.2, 0.25) is 5.79 Å². The summed E-state index contributed by atoms with van der Waals surface area (Å²) in [6.07, 6.45) is 6.72. The maximum Gasteiger partial charge on any atom is 0.248 e. The summed E-state index contributed by atoms with van der Waals surface area (Å²) in [6, 6.07) is 4.02. The van der Waals surface area contributed by atoms with E-state index in [-0.39, 0.29) is 0 Å². The number of fused-ring (bicyclic) bond motifs is 2. The van der Waals surface area contributed by atoms with Crippen LogP contribution in [0, 0.1) is 0 Å². The lowest BCUT2D eigenvalue weighted by Gasteiger charge is -2.44. The molecule has 1 aliphatic carbocycles. The second-order valence-electron chi connectivity index (χ2n) is 4.43. The lowest BCUT2D eigenvalue weighted by molar-refractivity contribution is -0.269. The highest BCUT2D eigenvalue weighted by Crippen LogP contribution is 2.45. The highest BCUT2D eigenvalue weighted by Gasteiger charge is 2.59. The fourth-order valence-electron chi connectivity index (χ4n) is 2.75. The Labute approximate surface area is 100 Å². The molecule has 0 radical (unpaired) electrons. The smallest absolute Gasteiger partial charge is 0.248 e. The molecule has 2 heterocycles. The summed E-state index contributed by atoms with van der Waals surface area (Å²) in [6.45, 7) is 0. The number of hydrogen-bond donors (Lipinski definition) is 0. The van der Waals surface area contributed by atoms with Gasteiger partial charge in [-0.25, -0.2) is 0 Å². The van der Waals surface area contributed by atoms with Gasteiger partial charge in [-0.05, 0) is 17.7 Å². The highest BCUT2D eigenvalue weighted by atomic mass is 16.7. The van der Waals surface area contributed by atoms with E-state index in [1.165, 1.54) is 5.56 Å². The first kappa shape index (κ1) is 10.7. The minimum Gasteiger partial charge on any atom is -0.466 e. The molecular weight excluding hydrogens is 218 g/mol. The van der Waals surface area contributed by atoms with Crippen LogP contribution >= 0.6 is 0 Å². The molecule has 2 atom stereocenters. The first-order valence-corrected chi connectivity index (χ1v) is 5.64. The molecule has 0 spiro atoms. The summed E-state index contributed by atoms with van der Waals surface area (Å²) < 4.78 is 17.0. The molecule has 4 heteroatoms. The summed E-state index contributed by atoms with van der Waals surface area (Å²) in [7, 11) is 3.34. The lowest BCUT2D eigenvalue weighted by Crippen LogP contribution is -2.59. The van der Waals surface area contributed by atoms with E-state index in [9.17, 15) is 0 Å². The molecule has 0 fully saturated rings. The van der Waals surface area contributed by atoms with Gasteiger partial charge in [0, 0.05) is 26.8 Å². The van der Waals surface area contributed by atoms with Gasteiger partial charge in [-0.1, -0.05) is 6.07 Å². The van der Waals surface area contributed by atoms with Crippen LogP contribution in [0.5, 0.6) is 0 Å². The molecular formula is C13H15NO3. The van der Waals surface area contributed by atoms with Crippen LogP contribution in [0.15, 0.2) is 30.7 Å². The first-order valence-electron chi connectivity index (χ1n) is 5.64. The standard InChI is InChI=1S/C13H15NO3/c1-15-12-5-7-17-13(12,16-2)9-11-10(8-12)4-3-6-14-11/h3-7H,8-9H2,1-2H3. The summed E-state index contributed by atoms with van der Waals surface area (Å²) in [5.41, 5.74) is 1.67. The molecule has 0 amide bonds. The van der Waals surface area contributed by atoms with Gasteiger partial charge in [0.15, 0.2) is 5.60 Å². The number of pyridine rings is 1. The Kier molecular flexibility index (Phi) is 2.24. The van der Waals surface area contributed by atoms with Crippen LogP contribution in [0.3, 0.4) is 0 Å². The molecule has 2 aliphatic rings. The predicted molar refractivity (Wildman–Crippen MR) is 61.4 cm³/mol. The number of hydrogen-bond acceptors (Lipinski definition) is 4. The third kappa shape index (κ3) is 1.28. The van der Waals surface area contributed by atoms with E-state index in [1.807, 2.05) is 12.1 Å². The van der Waals surface area contributed by atoms with E-state index in [4.69, 9.17) is 14.2 Å². The Bertz CT molecular complexity index is 473. The number of rotatable bonds is 2. The Hall–Kier alpha value is -1.39. The largest absolute Gasteiger partial charge is 0.466 e. The highest BCUT2D eigenvalue weighted by molar-refractivity contribution is 5.34. The maximum absolute atomic E-state index is 5.69. The van der Waals surface area contributed by atoms with Gasteiger partial charge in [-0.3, -0.25) is 4.98 Å². The van der Waals surface area contributed by atoms with Crippen molar-refractivity contribution in [1.29, 1.82) is 0 Å². The summed E-state index contributed by atoms with van der Waals surface area (Å²) in [5.74, 6) is -0.775. The molecule has 4 nitrogen and oxygen atoms in total. The molecule has 0 aromatic carbocycles. The van der Waals surface area contributed by atoms with Crippen molar-refractivity contribution in [3.05, 3.63) is 41.9 Å². The average Bonchev–Trinajstić information content (AvgIpc) is 2.75. The second-order valence-corrected chi connectivity index (χ2v) is 4.43. The third-order valence-electron chi connectivity index (χ3n) is 3.77. The molecule has 3 rings (SSSR count). The van der Waals surface area contributed by atoms with Gasteiger partial charge < -0.3 is 14.2 Å². The number of methoxy groups -OCH3 is 2. The zero-order chi connectivity index (χ0) is 11.9. The molecule has 0 N–H and O–H groups in total. The van der Waals surface area contributed by atoms with Crippen LogP contribution in [0.4, 0.5) is 0 Å². The van der Waals surface area contributed by atoms with Crippen LogP contribution in [-0.2, 0) is 27.1 Å². The third-order valence-corrected chi connectivity index (χ3v) is 3.77. The van der Waals surface area contributed by atoms with Crippen LogP contribution in [0.2, 0.25) is 0 Å². The van der Waals surface area contributed by atoms with Crippen LogP contribution in [0.25, 0.3) is 0 Å². The van der Waals surface area contributed by atoms with Crippen molar-refractivity contribution < 1.29 is 14.2 Å². The van der Waals surface area contributed by atoms with Crippen molar-refractivity contribution in [1.82, 2.24) is 4.98 Å². The van der Waals surface area contributed by atoms with Crippen molar-refractivity contribution in [2.24, 2.45) is 0 Å². The molecule has 2 unspecified atom stereocenters. The normalized spacial score (nSPS) is 34.0. The van der Waals surface area contributed by atoms with Crippen LogP contribution in [0.1, 0.15) is 11.3 Å². The van der Waals surface area contributed by atoms with E-state index < -0.39 is 11.4 Å². The summed E-state index contributed by atoms with van der Waals surface area (Å²) in [4.78, 5) is 4.39. The molecule has 1 aromatic heterocycles. The number of nitrogens with zero attached hydrogens (tertiary/aromatic N) is 1. The molecule has 1 aliphatic heterocycles. The van der Waals surface area contributed by atoms with Gasteiger partial charge in [0.1, 0.15) is 0 Å². The molecule has 17 heavy (non-hydrogen) atoms. The number of ether oxygens (including phenoxy) is 3. The van der Waals surface area contributed by atoms with E-state index in [2.05, 4.69) is 11.1 Å². The van der Waals surface area contributed by atoms with Crippen molar-refractivity contribution in [3.63, 3.8) is 0 Å². The van der Waals surface area contributed by atoms with Gasteiger partial charge in [0.05, 0.1) is 18.4 Å². The molecule has 0 bridgehead atoms. The molecule has 0 saturated heterocycles. The fraction of sp³-hybridized carbons (Fsp3) is 0.462. The number of aromatic nitrogens is 1. The lowest BCUT2D eigenvalue weighted by atomic mass is 9.78. The second kappa shape index (κ2) is 3.55. The van der Waals surface area contributed by atoms with Crippen molar-refractivity contribution in [3.8, 4) is 0 Å². The first-order chi connectivity index (χ1) is 8.25. The van der Waals surface area contributed by atoms with Gasteiger partial charge in [0.25, 0.3) is 0 Å². The van der Waals surface area contributed by atoms with Crippen molar-refractivity contribution in [2.75, 3.05) is 14.2 Å². The fourth-order valence-corrected chi connectivity index (χ4v) is 2.75. The maximum atomic E-state index is 5.69. The minimum absolute atomic E-state index is 0.544. The van der Waals surface area contributed by atoms with E-state index in [0.29, 0.717) is 6.42 Å². The zero-order valence-corrected chi connectivity index (χ0v) is 9.97. The van der Waals surface area contributed by atoms with E-state index in [1.54, 1.807) is 26.7 Å². The van der Waals surface area contributed by atoms with Gasteiger partial charge in [-0.2, -0.15) is 0 Å². The summed E-state index contributed by atoms with van der Waals surface area (Å²) >= 11 is 0. The quantitative estimate of drug-likeness (QED) is 0.775. The van der Waals surface area contributed by atoms with Crippen molar-refractivity contribution >= 4 is 0 Å². The van der Waals surface area contributed by atoms with E-state index >= 15 is 0 Å². The Morgan fingerprint density at radius 3 is 2.94 bits per heavy atom. The Morgan fingerprint density at radius 2 is 2.18 bits per heavy atom. The summed E-state index contributed by atoms with van der Waals surface area (Å²) in [5, 5.41) is 0. The monoisotopic (exact) mass is 233 g/mol. The van der Waals surface area contributed by atoms with E-state index in [0.717, 1.165) is 12.1 Å². The van der Waals surface area contributed by atoms with Crippen molar-refractivity contribution in [2.45, 2.75) is 24.2 Å². The molecule has 0 saturated carbocycles. The Balaban J connectivity index is 2.11. The van der Waals surface area contributed by atoms with Gasteiger partial charge >= 0.3 is 0 Å². The molecule has 90 valence electrons. The zero-order valence-electron chi connectivity index (χ0n) is 9.97. The SMILES string of the molecule is COC12C=COC1(OC)Cc1ncccc1C2. The van der Waals surface area contributed by atoms with Crippen LogP contribution < -0.4 is 0 Å². The topological polar surface area (TPSA) is 40.6 Å². The average molecular weight is 233 g/mol. The van der Waals surface area contributed by atoms with Gasteiger partial charge in [-0.15, -0.1) is 0 Å². The van der Waals surface area contributed by atoms with Crippen LogP contribution in [-0.4, -0.2) is 30.6 Å². The Morgan fingerprint density at radius 1 is 1.29 bits per heavy atom. The minimum atomic E-state index is -0.775. The molecule has 1 aromatic rings.